The van der Waals surface area contributed by atoms with Gasteiger partial charge in [0, 0.05) is 11.8 Å². The summed E-state index contributed by atoms with van der Waals surface area (Å²) < 4.78 is 18.3. The van der Waals surface area contributed by atoms with Crippen molar-refractivity contribution in [3.8, 4) is 5.75 Å². The van der Waals surface area contributed by atoms with E-state index in [0.717, 1.165) is 0 Å². The smallest absolute Gasteiger partial charge is 0.356 e. The lowest BCUT2D eigenvalue weighted by Gasteiger charge is -2.08. The minimum absolute atomic E-state index is 0.0314. The lowest BCUT2D eigenvalue weighted by Crippen LogP contribution is -2.04. The highest BCUT2D eigenvalue weighted by Crippen LogP contribution is 2.24. The molecule has 0 spiro atoms. The number of aromatic carboxylic acids is 1. The maximum absolute atomic E-state index is 13.5. The Morgan fingerprint density at radius 3 is 2.75 bits per heavy atom. The summed E-state index contributed by atoms with van der Waals surface area (Å²) in [5.41, 5.74) is 0.139. The van der Waals surface area contributed by atoms with Crippen molar-refractivity contribution < 1.29 is 19.0 Å². The number of carboxylic acid groups (broad SMARTS) is 1. The number of methoxy groups -OCH3 is 1. The lowest BCUT2D eigenvalue weighted by atomic mass is 10.3. The van der Waals surface area contributed by atoms with E-state index >= 15 is 0 Å². The molecule has 0 atom stereocenters. The number of carboxylic acids is 1. The number of benzene rings is 1. The fourth-order valence-corrected chi connectivity index (χ4v) is 1.74. The number of ether oxygens (including phenoxy) is 1. The van der Waals surface area contributed by atoms with Gasteiger partial charge in [-0.15, -0.1) is 0 Å². The first kappa shape index (κ1) is 14.1. The highest BCUT2D eigenvalue weighted by Gasteiger charge is 2.12. The first-order chi connectivity index (χ1) is 9.51. The van der Waals surface area contributed by atoms with Gasteiger partial charge in [-0.05, 0) is 24.3 Å². The molecule has 1 aromatic carbocycles. The number of hydrogen-bond donors (Lipinski definition) is 2. The van der Waals surface area contributed by atoms with E-state index in [0.29, 0.717) is 5.69 Å². The zero-order valence-corrected chi connectivity index (χ0v) is 11.1. The van der Waals surface area contributed by atoms with E-state index < -0.39 is 11.8 Å². The van der Waals surface area contributed by atoms with E-state index in [-0.39, 0.29) is 22.3 Å². The summed E-state index contributed by atoms with van der Waals surface area (Å²) in [6.45, 7) is 0. The summed E-state index contributed by atoms with van der Waals surface area (Å²) >= 11 is 5.71. The number of nitrogens with zero attached hydrogens (tertiary/aromatic N) is 1. The molecule has 0 radical (unpaired) electrons. The molecule has 0 saturated heterocycles. The summed E-state index contributed by atoms with van der Waals surface area (Å²) in [7, 11) is 1.37. The third-order valence-corrected chi connectivity index (χ3v) is 2.78. The Kier molecular flexibility index (Phi) is 4.05. The lowest BCUT2D eigenvalue weighted by molar-refractivity contribution is 0.0691. The third kappa shape index (κ3) is 2.97. The summed E-state index contributed by atoms with van der Waals surface area (Å²) in [6, 6.07) is 7.15. The van der Waals surface area contributed by atoms with Crippen molar-refractivity contribution in [2.75, 3.05) is 12.4 Å². The van der Waals surface area contributed by atoms with Crippen LogP contribution in [0.1, 0.15) is 10.5 Å². The van der Waals surface area contributed by atoms with E-state index in [4.69, 9.17) is 21.4 Å². The van der Waals surface area contributed by atoms with Crippen LogP contribution in [-0.4, -0.2) is 23.2 Å². The molecule has 1 aromatic heterocycles. The Morgan fingerprint density at radius 1 is 1.40 bits per heavy atom. The van der Waals surface area contributed by atoms with Crippen LogP contribution in [0.25, 0.3) is 0 Å². The average molecular weight is 297 g/mol. The molecule has 0 aliphatic rings. The molecular weight excluding hydrogens is 287 g/mol. The van der Waals surface area contributed by atoms with Crippen LogP contribution in [0.5, 0.6) is 5.75 Å². The largest absolute Gasteiger partial charge is 0.494 e. The number of rotatable bonds is 4. The van der Waals surface area contributed by atoms with Crippen molar-refractivity contribution in [2.24, 2.45) is 0 Å². The quantitative estimate of drug-likeness (QED) is 0.905. The molecule has 0 aliphatic carbocycles. The van der Waals surface area contributed by atoms with Crippen molar-refractivity contribution in [3.05, 3.63) is 46.9 Å². The second-order valence-electron chi connectivity index (χ2n) is 3.81. The molecule has 2 rings (SSSR count). The minimum Gasteiger partial charge on any atom is -0.494 e. The van der Waals surface area contributed by atoms with Crippen molar-refractivity contribution in [2.45, 2.75) is 0 Å². The van der Waals surface area contributed by atoms with Gasteiger partial charge < -0.3 is 15.2 Å². The molecule has 0 amide bonds. The van der Waals surface area contributed by atoms with Crippen LogP contribution in [0.3, 0.4) is 0 Å². The number of nitrogens with one attached hydrogen (secondary N) is 1. The fraction of sp³-hybridized carbons (Fsp3) is 0.0769. The van der Waals surface area contributed by atoms with Gasteiger partial charge in [-0.2, -0.15) is 0 Å². The number of carbonyl (C=O) groups is 1. The molecular formula is C13H10ClFN2O3. The second-order valence-corrected chi connectivity index (χ2v) is 4.21. The highest BCUT2D eigenvalue weighted by atomic mass is 35.5. The average Bonchev–Trinajstić information content (AvgIpc) is 2.41. The van der Waals surface area contributed by atoms with Crippen LogP contribution < -0.4 is 10.1 Å². The van der Waals surface area contributed by atoms with Crippen LogP contribution in [-0.2, 0) is 0 Å². The van der Waals surface area contributed by atoms with Crippen LogP contribution in [0.4, 0.5) is 15.9 Å². The Morgan fingerprint density at radius 2 is 2.15 bits per heavy atom. The summed E-state index contributed by atoms with van der Waals surface area (Å²) in [5, 5.41) is 11.7. The molecule has 0 unspecified atom stereocenters. The molecule has 0 fully saturated rings. The van der Waals surface area contributed by atoms with Gasteiger partial charge in [0.25, 0.3) is 0 Å². The molecule has 7 heteroatoms. The number of pyridine rings is 1. The van der Waals surface area contributed by atoms with Gasteiger partial charge >= 0.3 is 5.97 Å². The van der Waals surface area contributed by atoms with E-state index in [2.05, 4.69) is 10.3 Å². The van der Waals surface area contributed by atoms with E-state index in [1.807, 2.05) is 0 Å². The first-order valence-corrected chi connectivity index (χ1v) is 5.89. The number of halogens is 2. The van der Waals surface area contributed by atoms with Gasteiger partial charge in [-0.3, -0.25) is 0 Å². The molecule has 2 N–H and O–H groups in total. The van der Waals surface area contributed by atoms with Gasteiger partial charge in [0.05, 0.1) is 12.1 Å². The standard InChI is InChI=1S/C13H10ClFN2O3/c1-20-10-4-2-7(6-9(10)15)16-11-5-3-8(14)12(17-11)13(18)19/h2-6H,1H3,(H,16,17)(H,18,19). The molecule has 5 nitrogen and oxygen atoms in total. The maximum atomic E-state index is 13.5. The topological polar surface area (TPSA) is 71.5 Å². The van der Waals surface area contributed by atoms with Crippen molar-refractivity contribution in [1.29, 1.82) is 0 Å². The molecule has 2 aromatic rings. The third-order valence-electron chi connectivity index (χ3n) is 2.47. The fourth-order valence-electron chi connectivity index (χ4n) is 1.55. The van der Waals surface area contributed by atoms with Crippen LogP contribution in [0.15, 0.2) is 30.3 Å². The Balaban J connectivity index is 2.28. The first-order valence-electron chi connectivity index (χ1n) is 5.51. The summed E-state index contributed by atoms with van der Waals surface area (Å²) in [4.78, 5) is 14.8. The van der Waals surface area contributed by atoms with Gasteiger partial charge in [-0.1, -0.05) is 11.6 Å². The predicted molar refractivity (Wildman–Crippen MR) is 72.4 cm³/mol. The molecule has 104 valence electrons. The predicted octanol–water partition coefficient (Wildman–Crippen LogP) is 3.32. The SMILES string of the molecule is COc1ccc(Nc2ccc(Cl)c(C(=O)O)n2)cc1F. The van der Waals surface area contributed by atoms with Gasteiger partial charge in [-0.25, -0.2) is 14.2 Å². The zero-order valence-electron chi connectivity index (χ0n) is 10.4. The molecule has 0 aliphatic heterocycles. The Hall–Kier alpha value is -2.34. The van der Waals surface area contributed by atoms with Gasteiger partial charge in [0.2, 0.25) is 0 Å². The molecule has 0 bridgehead atoms. The number of aromatic nitrogens is 1. The van der Waals surface area contributed by atoms with E-state index in [9.17, 15) is 9.18 Å². The number of hydrogen-bond acceptors (Lipinski definition) is 4. The van der Waals surface area contributed by atoms with Crippen molar-refractivity contribution >= 4 is 29.1 Å². The van der Waals surface area contributed by atoms with E-state index in [1.54, 1.807) is 6.07 Å². The van der Waals surface area contributed by atoms with Crippen LogP contribution in [0, 0.1) is 5.82 Å². The van der Waals surface area contributed by atoms with Crippen LogP contribution >= 0.6 is 11.6 Å². The minimum atomic E-state index is -1.24. The van der Waals surface area contributed by atoms with E-state index in [1.165, 1.54) is 31.4 Å². The number of anilines is 2. The summed E-state index contributed by atoms with van der Waals surface area (Å²) in [6.07, 6.45) is 0. The second kappa shape index (κ2) is 5.75. The normalized spacial score (nSPS) is 10.2. The Bertz CT molecular complexity index is 664. The zero-order chi connectivity index (χ0) is 14.7. The van der Waals surface area contributed by atoms with Crippen molar-refractivity contribution in [1.82, 2.24) is 4.98 Å². The van der Waals surface area contributed by atoms with Gasteiger partial charge in [0.1, 0.15) is 5.82 Å². The molecule has 1 heterocycles. The monoisotopic (exact) mass is 296 g/mol. The van der Waals surface area contributed by atoms with Crippen LogP contribution in [0.2, 0.25) is 5.02 Å². The maximum Gasteiger partial charge on any atom is 0.356 e. The van der Waals surface area contributed by atoms with Crippen molar-refractivity contribution in [3.63, 3.8) is 0 Å². The Labute approximate surface area is 119 Å². The molecule has 20 heavy (non-hydrogen) atoms. The highest BCUT2D eigenvalue weighted by molar-refractivity contribution is 6.33. The van der Waals surface area contributed by atoms with Gasteiger partial charge in [0.15, 0.2) is 17.3 Å². The summed E-state index contributed by atoms with van der Waals surface area (Å²) in [5.74, 6) is -1.41. The molecule has 0 saturated carbocycles.